The Bertz CT molecular complexity index is 2010. The van der Waals surface area contributed by atoms with Crippen molar-refractivity contribution in [1.82, 2.24) is 15.2 Å². The molecule has 11 nitrogen and oxygen atoms in total. The summed E-state index contributed by atoms with van der Waals surface area (Å²) in [6.45, 7) is 2.47. The van der Waals surface area contributed by atoms with Gasteiger partial charge < -0.3 is 20.6 Å². The number of amides is 3. The highest BCUT2D eigenvalue weighted by Crippen LogP contribution is 2.37. The van der Waals surface area contributed by atoms with Crippen molar-refractivity contribution in [3.8, 4) is 5.75 Å². The van der Waals surface area contributed by atoms with Gasteiger partial charge in [-0.25, -0.2) is 0 Å². The Labute approximate surface area is 290 Å². The summed E-state index contributed by atoms with van der Waals surface area (Å²) in [6.07, 6.45) is 4.03. The number of rotatable bonds is 12. The van der Waals surface area contributed by atoms with E-state index in [1.807, 2.05) is 68.4 Å². The van der Waals surface area contributed by atoms with E-state index in [2.05, 4.69) is 15.6 Å². The van der Waals surface area contributed by atoms with Gasteiger partial charge in [0.05, 0.1) is 29.6 Å². The molecule has 0 spiro atoms. The number of hydrogen-bond donors (Lipinski definition) is 3. The largest absolute Gasteiger partial charge is 0.505 e. The lowest BCUT2D eigenvalue weighted by molar-refractivity contribution is -0.132. The van der Waals surface area contributed by atoms with Gasteiger partial charge in [-0.15, -0.1) is 0 Å². The predicted molar refractivity (Wildman–Crippen MR) is 190 cm³/mol. The number of hydrogen-bond acceptors (Lipinski definition) is 9. The minimum Gasteiger partial charge on any atom is -0.505 e. The number of aromatic hydroxyl groups is 1. The summed E-state index contributed by atoms with van der Waals surface area (Å²) < 4.78 is 0. The summed E-state index contributed by atoms with van der Waals surface area (Å²) in [5, 5.41) is 18.6. The summed E-state index contributed by atoms with van der Waals surface area (Å²) in [6, 6.07) is 17.0. The van der Waals surface area contributed by atoms with Crippen molar-refractivity contribution < 1.29 is 29.1 Å². The van der Waals surface area contributed by atoms with Crippen LogP contribution < -0.4 is 15.5 Å². The van der Waals surface area contributed by atoms with Crippen LogP contribution in [0.1, 0.15) is 88.4 Å². The monoisotopic (exact) mass is 675 g/mol. The first kappa shape index (κ1) is 34.3. The van der Waals surface area contributed by atoms with E-state index in [-0.39, 0.29) is 54.3 Å². The van der Waals surface area contributed by atoms with Crippen molar-refractivity contribution >= 4 is 51.6 Å². The quantitative estimate of drug-likeness (QED) is 0.101. The molecule has 3 amide bonds. The Morgan fingerprint density at radius 2 is 1.80 bits per heavy atom. The molecule has 258 valence electrons. The summed E-state index contributed by atoms with van der Waals surface area (Å²) >= 11 is 0. The highest BCUT2D eigenvalue weighted by molar-refractivity contribution is 6.25. The second-order valence-corrected chi connectivity index (χ2v) is 13.2. The van der Waals surface area contributed by atoms with Crippen LogP contribution in [-0.2, 0) is 14.4 Å². The van der Waals surface area contributed by atoms with Gasteiger partial charge in [-0.1, -0.05) is 30.7 Å². The van der Waals surface area contributed by atoms with E-state index >= 15 is 0 Å². The van der Waals surface area contributed by atoms with E-state index in [1.165, 1.54) is 0 Å². The fourth-order valence-electron chi connectivity index (χ4n) is 6.88. The van der Waals surface area contributed by atoms with Crippen LogP contribution in [0.3, 0.4) is 0 Å². The number of ketones is 2. The van der Waals surface area contributed by atoms with Crippen LogP contribution >= 0.6 is 0 Å². The zero-order chi connectivity index (χ0) is 35.5. The molecule has 2 heterocycles. The normalized spacial score (nSPS) is 16.5. The molecule has 2 aliphatic rings. The standard InChI is InChI=1S/C39H41N5O6/c1-23-20-29(37(48)36-27(23)13-9-19-41-36)35(24-10-7-11-25(21-24)43(2)3)42-33(47)15-5-4-6-18-40-30-14-8-12-28-34(30)39(50)44(38(28)49)31-17-16-26(45)22-32(31)46/h7-14,19-21,31,35,40,48H,4-6,15-18,22H2,1-3H3,(H,42,47). The van der Waals surface area contributed by atoms with Gasteiger partial charge >= 0.3 is 0 Å². The van der Waals surface area contributed by atoms with Gasteiger partial charge in [0.1, 0.15) is 17.0 Å². The van der Waals surface area contributed by atoms with E-state index in [4.69, 9.17) is 0 Å². The SMILES string of the molecule is Cc1cc(C(NC(=O)CCCCCNc2cccc3c2C(=O)N(C2CCC(=O)CC2=O)C3=O)c2cccc(N(C)C)c2)c(O)c2ncccc12. The van der Waals surface area contributed by atoms with E-state index in [0.717, 1.165) is 33.5 Å². The molecule has 4 aromatic rings. The molecule has 0 bridgehead atoms. The number of carbonyl (C=O) groups excluding carboxylic acids is 5. The molecule has 1 aliphatic heterocycles. The molecule has 1 aromatic heterocycles. The van der Waals surface area contributed by atoms with Gasteiger partial charge in [0.2, 0.25) is 5.91 Å². The number of fused-ring (bicyclic) bond motifs is 2. The van der Waals surface area contributed by atoms with Crippen LogP contribution in [0.4, 0.5) is 11.4 Å². The topological polar surface area (TPSA) is 149 Å². The average molecular weight is 676 g/mol. The van der Waals surface area contributed by atoms with Crippen LogP contribution in [0, 0.1) is 6.92 Å². The lowest BCUT2D eigenvalue weighted by Gasteiger charge is -2.27. The number of phenolic OH excluding ortho intramolecular Hbond substituents is 1. The summed E-state index contributed by atoms with van der Waals surface area (Å²) in [5.41, 5.74) is 4.81. The number of anilines is 2. The van der Waals surface area contributed by atoms with E-state index in [1.54, 1.807) is 24.4 Å². The lowest BCUT2D eigenvalue weighted by atomic mass is 9.92. The first-order valence-electron chi connectivity index (χ1n) is 17.0. The number of nitrogens with zero attached hydrogens (tertiary/aromatic N) is 3. The summed E-state index contributed by atoms with van der Waals surface area (Å²) in [7, 11) is 3.90. The molecule has 11 heteroatoms. The van der Waals surface area contributed by atoms with Crippen molar-refractivity contribution in [2.24, 2.45) is 0 Å². The van der Waals surface area contributed by atoms with Gasteiger partial charge in [0.15, 0.2) is 5.78 Å². The number of carbonyl (C=O) groups is 5. The number of imide groups is 1. The Morgan fingerprint density at radius 1 is 1.00 bits per heavy atom. The minimum absolute atomic E-state index is 0.0361. The third-order valence-corrected chi connectivity index (χ3v) is 9.53. The number of unbranched alkanes of at least 4 members (excludes halogenated alkanes) is 2. The third-order valence-electron chi connectivity index (χ3n) is 9.53. The molecule has 50 heavy (non-hydrogen) atoms. The molecular formula is C39H41N5O6. The first-order chi connectivity index (χ1) is 24.0. The van der Waals surface area contributed by atoms with Crippen LogP contribution in [0.25, 0.3) is 10.9 Å². The Kier molecular flexibility index (Phi) is 9.94. The maximum atomic E-state index is 13.4. The smallest absolute Gasteiger partial charge is 0.264 e. The van der Waals surface area contributed by atoms with Crippen molar-refractivity contribution in [3.05, 3.63) is 94.7 Å². The fraction of sp³-hybridized carbons (Fsp3) is 0.333. The number of aromatic nitrogens is 1. The number of Topliss-reactive ketones (excluding diaryl/α,β-unsaturated/α-hetero) is 2. The Balaban J connectivity index is 1.08. The van der Waals surface area contributed by atoms with Crippen LogP contribution in [-0.4, -0.2) is 71.0 Å². The highest BCUT2D eigenvalue weighted by atomic mass is 16.3. The number of aryl methyl sites for hydroxylation is 1. The molecule has 1 fully saturated rings. The van der Waals surface area contributed by atoms with Crippen LogP contribution in [0.2, 0.25) is 0 Å². The number of pyridine rings is 1. The highest BCUT2D eigenvalue weighted by Gasteiger charge is 2.45. The first-order valence-corrected chi connectivity index (χ1v) is 17.0. The van der Waals surface area contributed by atoms with E-state index < -0.39 is 29.7 Å². The molecule has 6 rings (SSSR count). The predicted octanol–water partition coefficient (Wildman–Crippen LogP) is 5.48. The fourth-order valence-corrected chi connectivity index (χ4v) is 6.88. The van der Waals surface area contributed by atoms with Crippen LogP contribution in [0.15, 0.2) is 66.9 Å². The molecule has 1 saturated carbocycles. The second-order valence-electron chi connectivity index (χ2n) is 13.2. The van der Waals surface area contributed by atoms with Crippen molar-refractivity contribution in [1.29, 1.82) is 0 Å². The van der Waals surface area contributed by atoms with Crippen LogP contribution in [0.5, 0.6) is 5.75 Å². The maximum absolute atomic E-state index is 13.4. The van der Waals surface area contributed by atoms with Crippen molar-refractivity contribution in [2.45, 2.75) is 64.0 Å². The summed E-state index contributed by atoms with van der Waals surface area (Å²) in [4.78, 5) is 71.6. The second kappa shape index (κ2) is 14.5. The Hall–Kier alpha value is -5.58. The number of benzene rings is 3. The van der Waals surface area contributed by atoms with E-state index in [0.29, 0.717) is 36.2 Å². The molecular weight excluding hydrogens is 634 g/mol. The summed E-state index contributed by atoms with van der Waals surface area (Å²) in [5.74, 6) is -1.72. The number of phenols is 1. The maximum Gasteiger partial charge on any atom is 0.264 e. The molecule has 0 radical (unpaired) electrons. The van der Waals surface area contributed by atoms with Crippen molar-refractivity contribution in [3.63, 3.8) is 0 Å². The molecule has 3 N–H and O–H groups in total. The molecule has 1 aliphatic carbocycles. The molecule has 2 atom stereocenters. The minimum atomic E-state index is -0.915. The van der Waals surface area contributed by atoms with Gasteiger partial charge in [0.25, 0.3) is 11.8 Å². The molecule has 2 unspecified atom stereocenters. The zero-order valence-electron chi connectivity index (χ0n) is 28.5. The van der Waals surface area contributed by atoms with Gasteiger partial charge in [0, 0.05) is 62.0 Å². The number of nitrogens with one attached hydrogen (secondary N) is 2. The molecule has 3 aromatic carbocycles. The van der Waals surface area contributed by atoms with Gasteiger partial charge in [-0.05, 0) is 73.7 Å². The third kappa shape index (κ3) is 6.80. The lowest BCUT2D eigenvalue weighted by Crippen LogP contribution is -2.47. The van der Waals surface area contributed by atoms with Gasteiger partial charge in [-0.3, -0.25) is 33.9 Å². The zero-order valence-corrected chi connectivity index (χ0v) is 28.5. The van der Waals surface area contributed by atoms with Crippen molar-refractivity contribution in [2.75, 3.05) is 30.9 Å². The molecule has 0 saturated heterocycles. The van der Waals surface area contributed by atoms with E-state index in [9.17, 15) is 29.1 Å². The average Bonchev–Trinajstić information content (AvgIpc) is 3.36. The van der Waals surface area contributed by atoms with Gasteiger partial charge in [-0.2, -0.15) is 0 Å². The Morgan fingerprint density at radius 3 is 2.58 bits per heavy atom.